The molecule has 0 fully saturated rings. The van der Waals surface area contributed by atoms with Gasteiger partial charge in [-0.1, -0.05) is 23.2 Å². The fraction of sp³-hybridized carbons (Fsp3) is 0.235. The molecule has 0 heterocycles. The summed E-state index contributed by atoms with van der Waals surface area (Å²) in [5.41, 5.74) is 0.748. The first-order valence-corrected chi connectivity index (χ1v) is 10.2. The van der Waals surface area contributed by atoms with E-state index in [0.717, 1.165) is 0 Å². The number of nitrogens with zero attached hydrogens (tertiary/aromatic N) is 2. The number of benzene rings is 2. The number of halogens is 4. The molecule has 7 nitrogen and oxygen atoms in total. The average Bonchev–Trinajstić information content (AvgIpc) is 2.63. The first-order chi connectivity index (χ1) is 13.1. The van der Waals surface area contributed by atoms with E-state index in [1.807, 2.05) is 0 Å². The number of nitro benzene ring substituents is 2. The number of Topliss-reactive ketones (excluding diaryl/α,β-unsaturated/α-hetero) is 1. The van der Waals surface area contributed by atoms with Gasteiger partial charge in [0, 0.05) is 46.1 Å². The molecule has 0 saturated heterocycles. The van der Waals surface area contributed by atoms with Crippen molar-refractivity contribution < 1.29 is 14.6 Å². The largest absolute Gasteiger partial charge is 0.300 e. The van der Waals surface area contributed by atoms with Crippen LogP contribution in [0.4, 0.5) is 11.4 Å². The summed E-state index contributed by atoms with van der Waals surface area (Å²) >= 11 is 18.6. The van der Waals surface area contributed by atoms with Gasteiger partial charge in [0.15, 0.2) is 0 Å². The summed E-state index contributed by atoms with van der Waals surface area (Å²) in [5, 5.41) is 22.6. The van der Waals surface area contributed by atoms with E-state index < -0.39 is 9.85 Å². The Morgan fingerprint density at radius 1 is 0.821 bits per heavy atom. The fourth-order valence-electron chi connectivity index (χ4n) is 2.51. The van der Waals surface area contributed by atoms with Crippen LogP contribution in [0.2, 0.25) is 10.0 Å². The lowest BCUT2D eigenvalue weighted by atomic mass is 10.0. The Morgan fingerprint density at radius 2 is 1.18 bits per heavy atom. The van der Waals surface area contributed by atoms with Crippen LogP contribution in [0.5, 0.6) is 0 Å². The first-order valence-electron chi connectivity index (χ1n) is 7.86. The van der Waals surface area contributed by atoms with Crippen molar-refractivity contribution in [1.29, 1.82) is 0 Å². The van der Waals surface area contributed by atoms with Crippen LogP contribution in [0.25, 0.3) is 0 Å². The zero-order valence-corrected chi connectivity index (χ0v) is 18.8. The Morgan fingerprint density at radius 3 is 1.50 bits per heavy atom. The Kier molecular flexibility index (Phi) is 7.94. The topological polar surface area (TPSA) is 103 Å². The van der Waals surface area contributed by atoms with E-state index in [4.69, 9.17) is 23.2 Å². The highest BCUT2D eigenvalue weighted by Crippen LogP contribution is 2.33. The Bertz CT molecular complexity index is 894. The van der Waals surface area contributed by atoms with E-state index in [1.54, 1.807) is 0 Å². The Balaban J connectivity index is 2.05. The summed E-state index contributed by atoms with van der Waals surface area (Å²) in [6.45, 7) is 0. The molecule has 0 amide bonds. The van der Waals surface area contributed by atoms with E-state index in [9.17, 15) is 25.0 Å². The van der Waals surface area contributed by atoms with Gasteiger partial charge in [0.05, 0.1) is 19.9 Å². The summed E-state index contributed by atoms with van der Waals surface area (Å²) in [4.78, 5) is 33.1. The summed E-state index contributed by atoms with van der Waals surface area (Å²) in [5.74, 6) is -0.114. The van der Waals surface area contributed by atoms with Crippen LogP contribution in [0.15, 0.2) is 33.2 Å². The lowest BCUT2D eigenvalue weighted by molar-refractivity contribution is -0.385. The number of hydrogen-bond donors (Lipinski definition) is 0. The molecule has 11 heteroatoms. The molecule has 0 aliphatic carbocycles. The predicted octanol–water partition coefficient (Wildman–Crippen LogP) is 6.47. The van der Waals surface area contributed by atoms with Crippen molar-refractivity contribution in [3.63, 3.8) is 0 Å². The Labute approximate surface area is 186 Å². The quantitative estimate of drug-likeness (QED) is 0.275. The van der Waals surface area contributed by atoms with Crippen molar-refractivity contribution in [2.45, 2.75) is 25.7 Å². The van der Waals surface area contributed by atoms with Gasteiger partial charge in [-0.2, -0.15) is 0 Å². The van der Waals surface area contributed by atoms with Gasteiger partial charge in [-0.15, -0.1) is 0 Å². The van der Waals surface area contributed by atoms with Gasteiger partial charge < -0.3 is 0 Å². The van der Waals surface area contributed by atoms with Crippen molar-refractivity contribution in [2.24, 2.45) is 0 Å². The maximum absolute atomic E-state index is 12.2. The highest BCUT2D eigenvalue weighted by atomic mass is 79.9. The lowest BCUT2D eigenvalue weighted by Crippen LogP contribution is -2.04. The molecule has 0 saturated carbocycles. The van der Waals surface area contributed by atoms with Crippen LogP contribution >= 0.6 is 55.1 Å². The van der Waals surface area contributed by atoms with Gasteiger partial charge in [0.1, 0.15) is 5.78 Å². The van der Waals surface area contributed by atoms with Crippen LogP contribution < -0.4 is 0 Å². The van der Waals surface area contributed by atoms with Gasteiger partial charge in [0.2, 0.25) is 0 Å². The van der Waals surface area contributed by atoms with Crippen LogP contribution in [-0.2, 0) is 17.6 Å². The second-order valence-corrected chi connectivity index (χ2v) is 8.32. The number of carbonyl (C=O) groups excluding carboxylic acids is 1. The molecule has 2 aromatic carbocycles. The minimum Gasteiger partial charge on any atom is -0.300 e. The molecule has 0 aliphatic rings. The number of aryl methyl sites for hydroxylation is 2. The highest BCUT2D eigenvalue weighted by Gasteiger charge is 2.17. The molecule has 28 heavy (non-hydrogen) atoms. The molecule has 0 unspecified atom stereocenters. The fourth-order valence-corrected chi connectivity index (χ4v) is 3.89. The molecule has 0 aliphatic heterocycles. The summed E-state index contributed by atoms with van der Waals surface area (Å²) in [6, 6.07) is 5.29. The molecule has 0 aromatic heterocycles. The minimum atomic E-state index is -0.533. The molecule has 0 bridgehead atoms. The molecule has 0 N–H and O–H groups in total. The smallest absolute Gasteiger partial charge is 0.270 e. The molecule has 2 rings (SSSR count). The molecule has 0 atom stereocenters. The third-order valence-electron chi connectivity index (χ3n) is 3.94. The average molecular weight is 555 g/mol. The maximum atomic E-state index is 12.2. The summed E-state index contributed by atoms with van der Waals surface area (Å²) in [7, 11) is 0. The third kappa shape index (κ3) is 5.73. The number of ketones is 1. The van der Waals surface area contributed by atoms with Gasteiger partial charge >= 0.3 is 0 Å². The minimum absolute atomic E-state index is 0.114. The SMILES string of the molecule is O=C(CCc1cc([N+](=O)[O-])cc(Br)c1Cl)CCc1cc([N+](=O)[O-])cc(Br)c1Cl. The zero-order valence-electron chi connectivity index (χ0n) is 14.1. The number of nitro groups is 2. The van der Waals surface area contributed by atoms with Crippen LogP contribution in [0.1, 0.15) is 24.0 Å². The molecule has 0 spiro atoms. The van der Waals surface area contributed by atoms with Crippen molar-refractivity contribution in [2.75, 3.05) is 0 Å². The predicted molar refractivity (Wildman–Crippen MR) is 113 cm³/mol. The molecule has 2 aromatic rings. The molecule has 0 radical (unpaired) electrons. The van der Waals surface area contributed by atoms with E-state index in [-0.39, 0.29) is 42.8 Å². The maximum Gasteiger partial charge on any atom is 0.270 e. The van der Waals surface area contributed by atoms with Crippen molar-refractivity contribution in [1.82, 2.24) is 0 Å². The summed E-state index contributed by atoms with van der Waals surface area (Å²) in [6.07, 6.45) is 0.733. The second-order valence-electron chi connectivity index (χ2n) is 5.85. The van der Waals surface area contributed by atoms with Crippen molar-refractivity contribution in [3.8, 4) is 0 Å². The third-order valence-corrected chi connectivity index (χ3v) is 6.54. The van der Waals surface area contributed by atoms with Gasteiger partial charge in [-0.3, -0.25) is 25.0 Å². The zero-order chi connectivity index (χ0) is 21.0. The Hall–Kier alpha value is -1.55. The van der Waals surface area contributed by atoms with Gasteiger partial charge in [-0.25, -0.2) is 0 Å². The summed E-state index contributed by atoms with van der Waals surface area (Å²) < 4.78 is 0.776. The number of hydrogen-bond acceptors (Lipinski definition) is 5. The lowest BCUT2D eigenvalue weighted by Gasteiger charge is -2.08. The molecular formula is C17H12Br2Cl2N2O5. The van der Waals surface area contributed by atoms with E-state index in [2.05, 4.69) is 31.9 Å². The van der Waals surface area contributed by atoms with E-state index >= 15 is 0 Å². The normalized spacial score (nSPS) is 10.7. The van der Waals surface area contributed by atoms with Gasteiger partial charge in [-0.05, 0) is 55.8 Å². The van der Waals surface area contributed by atoms with E-state index in [1.165, 1.54) is 24.3 Å². The van der Waals surface area contributed by atoms with Gasteiger partial charge in [0.25, 0.3) is 11.4 Å². The van der Waals surface area contributed by atoms with Crippen LogP contribution in [-0.4, -0.2) is 15.6 Å². The van der Waals surface area contributed by atoms with Crippen LogP contribution in [0.3, 0.4) is 0 Å². The van der Waals surface area contributed by atoms with Crippen LogP contribution in [0, 0.1) is 20.2 Å². The standard InChI is InChI=1S/C17H12Br2Cl2N2O5/c18-14-7-11(22(25)26)5-9(16(14)20)1-3-13(24)4-2-10-6-12(23(27)28)8-15(19)17(10)21/h5-8H,1-4H2. The van der Waals surface area contributed by atoms with E-state index in [0.29, 0.717) is 30.1 Å². The van der Waals surface area contributed by atoms with Crippen molar-refractivity contribution in [3.05, 3.63) is 74.6 Å². The number of non-ortho nitro benzene ring substituents is 2. The number of rotatable bonds is 8. The first kappa shape index (κ1) is 22.7. The number of carbonyl (C=O) groups is 1. The molecular weight excluding hydrogens is 543 g/mol. The monoisotopic (exact) mass is 552 g/mol. The second kappa shape index (κ2) is 9.78. The molecule has 148 valence electrons. The highest BCUT2D eigenvalue weighted by molar-refractivity contribution is 9.10. The van der Waals surface area contributed by atoms with Crippen molar-refractivity contribution >= 4 is 72.2 Å².